The smallest absolute Gasteiger partial charge is 0.321 e. The van der Waals surface area contributed by atoms with Crippen molar-refractivity contribution in [2.75, 3.05) is 25.5 Å². The van der Waals surface area contributed by atoms with E-state index in [0.29, 0.717) is 29.1 Å². The Balaban J connectivity index is 1.52. The Morgan fingerprint density at radius 2 is 1.83 bits per heavy atom. The molecule has 0 saturated carbocycles. The topological polar surface area (TPSA) is 68.8 Å². The molecular weight excluding hydrogens is 409 g/mol. The van der Waals surface area contributed by atoms with Crippen LogP contribution in [0.15, 0.2) is 47.5 Å². The SMILES string of the molecule is CN=C(NCc1cccc(NC(=O)N2CCCC2)c1)NCc1ccc(Cl)cc1Cl. The van der Waals surface area contributed by atoms with Crippen LogP contribution in [0.2, 0.25) is 10.0 Å². The van der Waals surface area contributed by atoms with E-state index in [-0.39, 0.29) is 6.03 Å². The number of anilines is 1. The van der Waals surface area contributed by atoms with Crippen molar-refractivity contribution in [1.29, 1.82) is 0 Å². The predicted octanol–water partition coefficient (Wildman–Crippen LogP) is 4.49. The number of benzene rings is 2. The normalized spacial score (nSPS) is 14.0. The minimum Gasteiger partial charge on any atom is -0.352 e. The molecule has 1 fully saturated rings. The predicted molar refractivity (Wildman–Crippen MR) is 120 cm³/mol. The van der Waals surface area contributed by atoms with Crippen molar-refractivity contribution < 1.29 is 4.79 Å². The zero-order valence-corrected chi connectivity index (χ0v) is 17.9. The molecule has 0 aliphatic carbocycles. The second kappa shape index (κ2) is 10.4. The fourth-order valence-corrected chi connectivity index (χ4v) is 3.61. The first-order valence-electron chi connectivity index (χ1n) is 9.58. The minimum absolute atomic E-state index is 0.0371. The van der Waals surface area contributed by atoms with Crippen LogP contribution in [0.1, 0.15) is 24.0 Å². The molecule has 6 nitrogen and oxygen atoms in total. The number of carbonyl (C=O) groups is 1. The van der Waals surface area contributed by atoms with Crippen LogP contribution in [0.3, 0.4) is 0 Å². The Bertz CT molecular complexity index is 881. The molecule has 1 saturated heterocycles. The summed E-state index contributed by atoms with van der Waals surface area (Å²) >= 11 is 12.1. The third kappa shape index (κ3) is 6.27. The number of urea groups is 1. The summed E-state index contributed by atoms with van der Waals surface area (Å²) in [5, 5.41) is 10.7. The van der Waals surface area contributed by atoms with Gasteiger partial charge in [-0.3, -0.25) is 4.99 Å². The Morgan fingerprint density at radius 3 is 2.55 bits per heavy atom. The summed E-state index contributed by atoms with van der Waals surface area (Å²) in [6.45, 7) is 2.75. The number of guanidine groups is 1. The van der Waals surface area contributed by atoms with E-state index in [1.165, 1.54) is 0 Å². The van der Waals surface area contributed by atoms with Gasteiger partial charge in [0.1, 0.15) is 0 Å². The van der Waals surface area contributed by atoms with Crippen molar-refractivity contribution in [3.8, 4) is 0 Å². The maximum absolute atomic E-state index is 12.3. The lowest BCUT2D eigenvalue weighted by Gasteiger charge is -2.17. The first-order chi connectivity index (χ1) is 14.0. The third-order valence-corrected chi connectivity index (χ3v) is 5.30. The lowest BCUT2D eigenvalue weighted by atomic mass is 10.2. The highest BCUT2D eigenvalue weighted by Crippen LogP contribution is 2.20. The van der Waals surface area contributed by atoms with E-state index < -0.39 is 0 Å². The van der Waals surface area contributed by atoms with Gasteiger partial charge >= 0.3 is 6.03 Å². The number of hydrogen-bond acceptors (Lipinski definition) is 2. The van der Waals surface area contributed by atoms with E-state index in [1.807, 2.05) is 41.3 Å². The number of hydrogen-bond donors (Lipinski definition) is 3. The lowest BCUT2D eigenvalue weighted by Crippen LogP contribution is -2.36. The average molecular weight is 434 g/mol. The molecule has 1 aliphatic heterocycles. The number of carbonyl (C=O) groups excluding carboxylic acids is 1. The van der Waals surface area contributed by atoms with Crippen LogP contribution in [0.5, 0.6) is 0 Å². The van der Waals surface area contributed by atoms with Crippen molar-refractivity contribution in [3.05, 3.63) is 63.6 Å². The molecule has 0 aromatic heterocycles. The molecule has 1 heterocycles. The van der Waals surface area contributed by atoms with Crippen LogP contribution in [-0.4, -0.2) is 37.0 Å². The van der Waals surface area contributed by atoms with Gasteiger partial charge in [0, 0.05) is 49.0 Å². The first kappa shape index (κ1) is 21.3. The zero-order chi connectivity index (χ0) is 20.6. The summed E-state index contributed by atoms with van der Waals surface area (Å²) in [5.74, 6) is 0.655. The summed E-state index contributed by atoms with van der Waals surface area (Å²) in [6, 6.07) is 13.2. The Morgan fingerprint density at radius 1 is 1.07 bits per heavy atom. The zero-order valence-electron chi connectivity index (χ0n) is 16.3. The highest BCUT2D eigenvalue weighted by molar-refractivity contribution is 6.35. The lowest BCUT2D eigenvalue weighted by molar-refractivity contribution is 0.222. The molecule has 1 aliphatic rings. The van der Waals surface area contributed by atoms with Crippen LogP contribution in [0, 0.1) is 0 Å². The molecule has 29 heavy (non-hydrogen) atoms. The highest BCUT2D eigenvalue weighted by atomic mass is 35.5. The summed E-state index contributed by atoms with van der Waals surface area (Å²) in [4.78, 5) is 18.3. The number of likely N-dealkylation sites (tertiary alicyclic amines) is 1. The number of rotatable bonds is 5. The maximum atomic E-state index is 12.3. The van der Waals surface area contributed by atoms with E-state index in [1.54, 1.807) is 13.1 Å². The quantitative estimate of drug-likeness (QED) is 0.480. The molecule has 3 N–H and O–H groups in total. The molecule has 2 amide bonds. The molecule has 0 radical (unpaired) electrons. The van der Waals surface area contributed by atoms with Gasteiger partial charge in [-0.2, -0.15) is 0 Å². The molecule has 0 atom stereocenters. The van der Waals surface area contributed by atoms with Crippen molar-refractivity contribution in [2.45, 2.75) is 25.9 Å². The van der Waals surface area contributed by atoms with E-state index in [9.17, 15) is 4.79 Å². The summed E-state index contributed by atoms with van der Waals surface area (Å²) < 4.78 is 0. The van der Waals surface area contributed by atoms with Gasteiger partial charge in [-0.25, -0.2) is 4.79 Å². The third-order valence-electron chi connectivity index (χ3n) is 4.72. The standard InChI is InChI=1S/C21H25Cl2N5O/c1-24-20(26-14-16-7-8-17(22)12-19(16)23)25-13-15-5-4-6-18(11-15)27-21(29)28-9-2-3-10-28/h4-8,11-12H,2-3,9-10,13-14H2,1H3,(H,27,29)(H2,24,25,26). The van der Waals surface area contributed by atoms with E-state index in [2.05, 4.69) is 20.9 Å². The Kier molecular flexibility index (Phi) is 7.61. The van der Waals surface area contributed by atoms with Crippen molar-refractivity contribution >= 4 is 40.9 Å². The second-order valence-electron chi connectivity index (χ2n) is 6.84. The van der Waals surface area contributed by atoms with Crippen LogP contribution in [0.4, 0.5) is 10.5 Å². The van der Waals surface area contributed by atoms with E-state index >= 15 is 0 Å². The van der Waals surface area contributed by atoms with Crippen molar-refractivity contribution in [1.82, 2.24) is 15.5 Å². The maximum Gasteiger partial charge on any atom is 0.321 e. The molecule has 3 rings (SSSR count). The van der Waals surface area contributed by atoms with Crippen LogP contribution in [0.25, 0.3) is 0 Å². The molecule has 0 spiro atoms. The van der Waals surface area contributed by atoms with Crippen LogP contribution in [-0.2, 0) is 13.1 Å². The highest BCUT2D eigenvalue weighted by Gasteiger charge is 2.17. The first-order valence-corrected chi connectivity index (χ1v) is 10.3. The monoisotopic (exact) mass is 433 g/mol. The summed E-state index contributed by atoms with van der Waals surface area (Å²) in [5.41, 5.74) is 2.76. The molecule has 0 bridgehead atoms. The largest absolute Gasteiger partial charge is 0.352 e. The Hall–Kier alpha value is -2.44. The van der Waals surface area contributed by atoms with Gasteiger partial charge in [-0.1, -0.05) is 41.4 Å². The van der Waals surface area contributed by atoms with Gasteiger partial charge in [0.2, 0.25) is 0 Å². The van der Waals surface area contributed by atoms with Gasteiger partial charge in [-0.15, -0.1) is 0 Å². The summed E-state index contributed by atoms with van der Waals surface area (Å²) in [7, 11) is 1.71. The van der Waals surface area contributed by atoms with Crippen LogP contribution < -0.4 is 16.0 Å². The number of aliphatic imine (C=N–C) groups is 1. The molecule has 2 aromatic rings. The van der Waals surface area contributed by atoms with Gasteiger partial charge in [0.15, 0.2) is 5.96 Å². The van der Waals surface area contributed by atoms with Gasteiger partial charge < -0.3 is 20.9 Å². The summed E-state index contributed by atoms with van der Waals surface area (Å²) in [6.07, 6.45) is 2.15. The number of nitrogens with one attached hydrogen (secondary N) is 3. The van der Waals surface area contributed by atoms with Crippen molar-refractivity contribution in [3.63, 3.8) is 0 Å². The number of nitrogens with zero attached hydrogens (tertiary/aromatic N) is 2. The molecule has 154 valence electrons. The number of halogens is 2. The average Bonchev–Trinajstić information content (AvgIpc) is 3.25. The van der Waals surface area contributed by atoms with Crippen LogP contribution >= 0.6 is 23.2 Å². The van der Waals surface area contributed by atoms with Gasteiger partial charge in [0.05, 0.1) is 0 Å². The van der Waals surface area contributed by atoms with Crippen molar-refractivity contribution in [2.24, 2.45) is 4.99 Å². The van der Waals surface area contributed by atoms with E-state index in [4.69, 9.17) is 23.2 Å². The second-order valence-corrected chi connectivity index (χ2v) is 7.68. The van der Waals surface area contributed by atoms with E-state index in [0.717, 1.165) is 42.7 Å². The number of amides is 2. The van der Waals surface area contributed by atoms with Gasteiger partial charge in [-0.05, 0) is 48.2 Å². The molecule has 2 aromatic carbocycles. The molecular formula is C21H25Cl2N5O. The minimum atomic E-state index is -0.0371. The molecule has 8 heteroatoms. The van der Waals surface area contributed by atoms with Gasteiger partial charge in [0.25, 0.3) is 0 Å². The Labute approximate surface area is 181 Å². The fraction of sp³-hybridized carbons (Fsp3) is 0.333. The molecule has 0 unspecified atom stereocenters. The fourth-order valence-electron chi connectivity index (χ4n) is 3.13.